The quantitative estimate of drug-likeness (QED) is 0.162. The molecule has 0 N–H and O–H groups in total. The predicted molar refractivity (Wildman–Crippen MR) is 235 cm³/mol. The van der Waals surface area contributed by atoms with Crippen molar-refractivity contribution in [2.24, 2.45) is 0 Å². The number of rotatable bonds is 6. The van der Waals surface area contributed by atoms with Gasteiger partial charge in [0.05, 0.1) is 11.0 Å². The summed E-state index contributed by atoms with van der Waals surface area (Å²) < 4.78 is 2.57. The summed E-state index contributed by atoms with van der Waals surface area (Å²) >= 11 is 0. The molecule has 0 saturated heterocycles. The number of hydrogen-bond donors (Lipinski definition) is 0. The van der Waals surface area contributed by atoms with Crippen LogP contribution in [-0.4, -0.2) is 4.57 Å². The van der Waals surface area contributed by atoms with Crippen molar-refractivity contribution >= 4 is 21.8 Å². The van der Waals surface area contributed by atoms with Gasteiger partial charge in [-0.2, -0.15) is 0 Å². The van der Waals surface area contributed by atoms with Crippen LogP contribution < -0.4 is 0 Å². The molecule has 1 heterocycles. The number of aromatic nitrogens is 1. The largest absolute Gasteiger partial charge is 0.309 e. The first kappa shape index (κ1) is 32.2. The first-order valence-electron chi connectivity index (χ1n) is 19.5. The van der Waals surface area contributed by atoms with Gasteiger partial charge >= 0.3 is 0 Å². The Labute approximate surface area is 327 Å². The predicted octanol–water partition coefficient (Wildman–Crippen LogP) is 14.6. The van der Waals surface area contributed by atoms with Crippen LogP contribution in [0.25, 0.3) is 83.1 Å². The maximum absolute atomic E-state index is 2.57. The molecule has 10 aromatic rings. The topological polar surface area (TPSA) is 4.93 Å². The van der Waals surface area contributed by atoms with Crippen molar-refractivity contribution < 1.29 is 0 Å². The van der Waals surface area contributed by atoms with Gasteiger partial charge in [-0.15, -0.1) is 0 Å². The van der Waals surface area contributed by atoms with Crippen LogP contribution in [-0.2, 0) is 0 Å². The summed E-state index contributed by atoms with van der Waals surface area (Å²) in [5, 5.41) is 2.52. The molecular weight excluding hydrogens is 675 g/mol. The molecule has 0 saturated carbocycles. The van der Waals surface area contributed by atoms with Crippen molar-refractivity contribution in [1.29, 1.82) is 0 Å². The monoisotopic (exact) mass is 711 g/mol. The SMILES string of the molecule is c1ccc(-c2cc(-c3ccccc3)cc(-n3c4ccc(-c5ccccc5)cc4c4ccc5c(c43)C(c3ccccc3)c3ccc(-c4ccccc4)cc3-5)c2)cc1. The molecule has 0 spiro atoms. The Morgan fingerprint density at radius 1 is 0.321 bits per heavy atom. The number of fused-ring (bicyclic) bond motifs is 7. The molecule has 9 aromatic carbocycles. The van der Waals surface area contributed by atoms with E-state index in [0.29, 0.717) is 0 Å². The van der Waals surface area contributed by atoms with Gasteiger partial charge in [0, 0.05) is 22.4 Å². The molecule has 1 heteroatoms. The Hall–Kier alpha value is -7.22. The first-order chi connectivity index (χ1) is 27.8. The highest BCUT2D eigenvalue weighted by Crippen LogP contribution is 2.53. The molecule has 56 heavy (non-hydrogen) atoms. The summed E-state index contributed by atoms with van der Waals surface area (Å²) in [6, 6.07) is 80.3. The van der Waals surface area contributed by atoms with Gasteiger partial charge in [-0.05, 0) is 109 Å². The minimum absolute atomic E-state index is 0.0669. The van der Waals surface area contributed by atoms with Gasteiger partial charge in [-0.1, -0.05) is 182 Å². The van der Waals surface area contributed by atoms with Crippen molar-refractivity contribution in [3.05, 3.63) is 235 Å². The van der Waals surface area contributed by atoms with Crippen LogP contribution in [0.5, 0.6) is 0 Å². The third kappa shape index (κ3) is 5.32. The van der Waals surface area contributed by atoms with E-state index in [1.54, 1.807) is 0 Å². The number of benzene rings is 9. The van der Waals surface area contributed by atoms with Crippen molar-refractivity contribution in [2.75, 3.05) is 0 Å². The maximum atomic E-state index is 2.57. The maximum Gasteiger partial charge on any atom is 0.0588 e. The summed E-state index contributed by atoms with van der Waals surface area (Å²) in [4.78, 5) is 0. The molecule has 0 radical (unpaired) electrons. The fourth-order valence-corrected chi connectivity index (χ4v) is 9.07. The average Bonchev–Trinajstić information content (AvgIpc) is 3.80. The normalized spacial score (nSPS) is 13.2. The molecule has 0 aliphatic heterocycles. The van der Waals surface area contributed by atoms with Gasteiger partial charge < -0.3 is 4.57 Å². The van der Waals surface area contributed by atoms with Crippen molar-refractivity contribution in [3.8, 4) is 61.3 Å². The first-order valence-corrected chi connectivity index (χ1v) is 19.5. The second-order valence-corrected chi connectivity index (χ2v) is 14.9. The smallest absolute Gasteiger partial charge is 0.0588 e. The molecule has 1 aliphatic rings. The molecule has 0 bridgehead atoms. The molecule has 1 aliphatic carbocycles. The molecule has 1 unspecified atom stereocenters. The summed E-state index contributed by atoms with van der Waals surface area (Å²) in [5.41, 5.74) is 19.9. The Kier molecular flexibility index (Phi) is 7.64. The minimum Gasteiger partial charge on any atom is -0.309 e. The Morgan fingerprint density at radius 2 is 0.821 bits per heavy atom. The highest BCUT2D eigenvalue weighted by atomic mass is 15.0. The van der Waals surface area contributed by atoms with E-state index in [9.17, 15) is 0 Å². The van der Waals surface area contributed by atoms with E-state index in [0.717, 1.165) is 5.69 Å². The van der Waals surface area contributed by atoms with Gasteiger partial charge in [-0.3, -0.25) is 0 Å². The molecule has 0 amide bonds. The lowest BCUT2D eigenvalue weighted by Gasteiger charge is -2.19. The number of nitrogens with zero attached hydrogens (tertiary/aromatic N) is 1. The Balaban J connectivity index is 1.26. The second-order valence-electron chi connectivity index (χ2n) is 14.9. The third-order valence-corrected chi connectivity index (χ3v) is 11.6. The van der Waals surface area contributed by atoms with Gasteiger partial charge in [0.2, 0.25) is 0 Å². The minimum atomic E-state index is 0.0669. The zero-order valence-corrected chi connectivity index (χ0v) is 30.8. The van der Waals surface area contributed by atoms with E-state index in [4.69, 9.17) is 0 Å². The fraction of sp³-hybridized carbons (Fsp3) is 0.0182. The summed E-state index contributed by atoms with van der Waals surface area (Å²) in [6.07, 6.45) is 0. The lowest BCUT2D eigenvalue weighted by Crippen LogP contribution is -2.03. The van der Waals surface area contributed by atoms with E-state index in [2.05, 4.69) is 223 Å². The van der Waals surface area contributed by atoms with Crippen molar-refractivity contribution in [2.45, 2.75) is 5.92 Å². The molecule has 0 fully saturated rings. The standard InChI is InChI=1S/C55H37N/c1-6-16-37(17-7-1)42-26-28-47-50(35-42)48-29-30-49-51-36-43(38-18-8-2-9-19-38)27-31-52(51)56(55(49)54(48)53(47)41-24-14-5-15-25-41)46-33-44(39-20-10-3-11-21-39)32-45(34-46)40-22-12-4-13-23-40/h1-36,53H. The van der Waals surface area contributed by atoms with Crippen LogP contribution in [0.3, 0.4) is 0 Å². The van der Waals surface area contributed by atoms with Gasteiger partial charge in [-0.25, -0.2) is 0 Å². The zero-order valence-electron chi connectivity index (χ0n) is 30.8. The van der Waals surface area contributed by atoms with E-state index in [-0.39, 0.29) is 5.92 Å². The molecule has 1 atom stereocenters. The van der Waals surface area contributed by atoms with Crippen molar-refractivity contribution in [3.63, 3.8) is 0 Å². The van der Waals surface area contributed by atoms with Crippen molar-refractivity contribution in [1.82, 2.24) is 4.57 Å². The highest BCUT2D eigenvalue weighted by molar-refractivity contribution is 6.14. The molecular formula is C55H37N. The summed E-state index contributed by atoms with van der Waals surface area (Å²) in [6.45, 7) is 0. The summed E-state index contributed by atoms with van der Waals surface area (Å²) in [5.74, 6) is 0.0669. The Morgan fingerprint density at radius 3 is 1.39 bits per heavy atom. The van der Waals surface area contributed by atoms with Crippen LogP contribution in [0.2, 0.25) is 0 Å². The van der Waals surface area contributed by atoms with Gasteiger partial charge in [0.15, 0.2) is 0 Å². The highest BCUT2D eigenvalue weighted by Gasteiger charge is 2.34. The third-order valence-electron chi connectivity index (χ3n) is 11.6. The number of hydrogen-bond acceptors (Lipinski definition) is 0. The van der Waals surface area contributed by atoms with E-state index < -0.39 is 0 Å². The molecule has 1 nitrogen and oxygen atoms in total. The lowest BCUT2D eigenvalue weighted by atomic mass is 9.88. The van der Waals surface area contributed by atoms with E-state index in [1.807, 2.05) is 0 Å². The van der Waals surface area contributed by atoms with Crippen LogP contribution in [0, 0.1) is 0 Å². The second kappa shape index (κ2) is 13.3. The van der Waals surface area contributed by atoms with Crippen LogP contribution in [0.4, 0.5) is 0 Å². The van der Waals surface area contributed by atoms with E-state index >= 15 is 0 Å². The van der Waals surface area contributed by atoms with E-state index in [1.165, 1.54) is 94.1 Å². The fourth-order valence-electron chi connectivity index (χ4n) is 9.07. The zero-order chi connectivity index (χ0) is 37.0. The Bertz CT molecular complexity index is 2980. The lowest BCUT2D eigenvalue weighted by molar-refractivity contribution is 1.01. The molecule has 262 valence electrons. The summed E-state index contributed by atoms with van der Waals surface area (Å²) in [7, 11) is 0. The van der Waals surface area contributed by atoms with Gasteiger partial charge in [0.1, 0.15) is 0 Å². The van der Waals surface area contributed by atoms with Crippen LogP contribution in [0.15, 0.2) is 218 Å². The molecule has 11 rings (SSSR count). The molecule has 1 aromatic heterocycles. The van der Waals surface area contributed by atoms with Gasteiger partial charge in [0.25, 0.3) is 0 Å². The van der Waals surface area contributed by atoms with Crippen LogP contribution in [0.1, 0.15) is 22.6 Å². The average molecular weight is 712 g/mol. The van der Waals surface area contributed by atoms with Crippen LogP contribution >= 0.6 is 0 Å².